The zero-order valence-electron chi connectivity index (χ0n) is 10.5. The Hall–Kier alpha value is -1.56. The highest BCUT2D eigenvalue weighted by Gasteiger charge is 2.00. The van der Waals surface area contributed by atoms with Crippen molar-refractivity contribution in [1.82, 2.24) is 15.1 Å². The normalized spacial score (nSPS) is 13.6. The summed E-state index contributed by atoms with van der Waals surface area (Å²) in [6.07, 6.45) is 4.63. The molecule has 1 rings (SSSR count). The maximum atomic E-state index is 5.73. The minimum atomic E-state index is 0.176. The van der Waals surface area contributed by atoms with E-state index in [1.165, 1.54) is 0 Å². The fourth-order valence-corrected chi connectivity index (χ4v) is 1.45. The lowest BCUT2D eigenvalue weighted by molar-refractivity contribution is 0.179. The second-order valence-corrected chi connectivity index (χ2v) is 3.89. The van der Waals surface area contributed by atoms with Crippen LogP contribution in [0.5, 0.6) is 0 Å². The maximum absolute atomic E-state index is 5.73. The van der Waals surface area contributed by atoms with Crippen molar-refractivity contribution < 1.29 is 4.74 Å². The van der Waals surface area contributed by atoms with E-state index in [4.69, 9.17) is 10.5 Å². The van der Waals surface area contributed by atoms with Gasteiger partial charge in [-0.1, -0.05) is 0 Å². The molecule has 1 unspecified atom stereocenters. The lowest BCUT2D eigenvalue weighted by atomic mass is 10.4. The summed E-state index contributed by atoms with van der Waals surface area (Å²) >= 11 is 0. The van der Waals surface area contributed by atoms with Gasteiger partial charge in [0, 0.05) is 38.6 Å². The Kier molecular flexibility index (Phi) is 6.09. The van der Waals surface area contributed by atoms with Gasteiger partial charge in [0.2, 0.25) is 0 Å². The molecule has 0 bridgehead atoms. The zero-order valence-corrected chi connectivity index (χ0v) is 10.5. The standard InChI is InChI=1S/C11H21N5O/c1-10(9-17-2)15-11(12)13-5-3-7-16-8-4-6-14-16/h4,6,8,10H,3,5,7,9H2,1-2H3,(H3,12,13,15). The van der Waals surface area contributed by atoms with Gasteiger partial charge in [0.1, 0.15) is 0 Å². The zero-order chi connectivity index (χ0) is 12.5. The first kappa shape index (κ1) is 13.5. The van der Waals surface area contributed by atoms with Crippen LogP contribution in [0, 0.1) is 0 Å². The highest BCUT2D eigenvalue weighted by Crippen LogP contribution is 1.90. The first-order valence-corrected chi connectivity index (χ1v) is 5.75. The smallest absolute Gasteiger partial charge is 0.188 e. The van der Waals surface area contributed by atoms with Crippen LogP contribution in [0.2, 0.25) is 0 Å². The molecule has 0 radical (unpaired) electrons. The molecule has 0 saturated carbocycles. The first-order valence-electron chi connectivity index (χ1n) is 5.75. The number of aryl methyl sites for hydroxylation is 1. The molecule has 0 saturated heterocycles. The van der Waals surface area contributed by atoms with Crippen LogP contribution in [0.4, 0.5) is 0 Å². The second-order valence-electron chi connectivity index (χ2n) is 3.89. The molecule has 1 atom stereocenters. The van der Waals surface area contributed by atoms with E-state index in [-0.39, 0.29) is 6.04 Å². The summed E-state index contributed by atoms with van der Waals surface area (Å²) in [5.41, 5.74) is 5.73. The molecule has 0 aliphatic heterocycles. The van der Waals surface area contributed by atoms with E-state index in [2.05, 4.69) is 15.4 Å². The molecular formula is C11H21N5O. The van der Waals surface area contributed by atoms with Crippen LogP contribution in [0.3, 0.4) is 0 Å². The Morgan fingerprint density at radius 2 is 2.47 bits per heavy atom. The van der Waals surface area contributed by atoms with Crippen molar-refractivity contribution in [2.45, 2.75) is 25.9 Å². The van der Waals surface area contributed by atoms with E-state index in [9.17, 15) is 0 Å². The minimum absolute atomic E-state index is 0.176. The fourth-order valence-electron chi connectivity index (χ4n) is 1.45. The van der Waals surface area contributed by atoms with Gasteiger partial charge in [0.15, 0.2) is 5.96 Å². The number of nitrogens with two attached hydrogens (primary N) is 1. The Bertz CT molecular complexity index is 323. The van der Waals surface area contributed by atoms with Gasteiger partial charge in [-0.2, -0.15) is 5.10 Å². The third kappa shape index (κ3) is 5.91. The molecule has 6 heteroatoms. The molecule has 96 valence electrons. The molecule has 1 aromatic rings. The second kappa shape index (κ2) is 7.67. The van der Waals surface area contributed by atoms with E-state index in [1.807, 2.05) is 23.9 Å². The van der Waals surface area contributed by atoms with Crippen molar-refractivity contribution in [2.24, 2.45) is 10.7 Å². The molecule has 0 aliphatic rings. The van der Waals surface area contributed by atoms with E-state index in [1.54, 1.807) is 13.3 Å². The molecular weight excluding hydrogens is 218 g/mol. The largest absolute Gasteiger partial charge is 0.383 e. The number of nitrogens with one attached hydrogen (secondary N) is 1. The van der Waals surface area contributed by atoms with Crippen LogP contribution in [0.1, 0.15) is 13.3 Å². The molecule has 3 N–H and O–H groups in total. The van der Waals surface area contributed by atoms with Crippen molar-refractivity contribution in [1.29, 1.82) is 0 Å². The number of rotatable bonds is 7. The molecule has 0 spiro atoms. The Balaban J connectivity index is 2.15. The van der Waals surface area contributed by atoms with E-state index in [0.29, 0.717) is 19.1 Å². The molecule has 0 aromatic carbocycles. The third-order valence-corrected chi connectivity index (χ3v) is 2.20. The molecule has 0 amide bonds. The number of hydrogen-bond donors (Lipinski definition) is 2. The summed E-state index contributed by atoms with van der Waals surface area (Å²) < 4.78 is 6.88. The molecule has 1 heterocycles. The Labute approximate surface area is 102 Å². The predicted molar refractivity (Wildman–Crippen MR) is 67.8 cm³/mol. The van der Waals surface area contributed by atoms with Gasteiger partial charge in [-0.15, -0.1) is 0 Å². The minimum Gasteiger partial charge on any atom is -0.383 e. The van der Waals surface area contributed by atoms with E-state index in [0.717, 1.165) is 13.0 Å². The number of nitrogens with zero attached hydrogens (tertiary/aromatic N) is 3. The van der Waals surface area contributed by atoms with E-state index >= 15 is 0 Å². The summed E-state index contributed by atoms with van der Waals surface area (Å²) in [5.74, 6) is 0.468. The maximum Gasteiger partial charge on any atom is 0.188 e. The topological polar surface area (TPSA) is 77.5 Å². The summed E-state index contributed by atoms with van der Waals surface area (Å²) in [5, 5.41) is 7.17. The number of hydrogen-bond acceptors (Lipinski definition) is 3. The quantitative estimate of drug-likeness (QED) is 0.405. The van der Waals surface area contributed by atoms with Crippen molar-refractivity contribution >= 4 is 5.96 Å². The summed E-state index contributed by atoms with van der Waals surface area (Å²) in [6.45, 7) is 4.16. The number of aromatic nitrogens is 2. The molecule has 0 fully saturated rings. The molecule has 0 aliphatic carbocycles. The Morgan fingerprint density at radius 3 is 3.12 bits per heavy atom. The third-order valence-electron chi connectivity index (χ3n) is 2.20. The van der Waals surface area contributed by atoms with Gasteiger partial charge in [0.05, 0.1) is 6.61 Å². The van der Waals surface area contributed by atoms with Crippen molar-refractivity contribution in [3.05, 3.63) is 18.5 Å². The van der Waals surface area contributed by atoms with Gasteiger partial charge in [-0.05, 0) is 19.4 Å². The monoisotopic (exact) mass is 239 g/mol. The average molecular weight is 239 g/mol. The summed E-state index contributed by atoms with van der Waals surface area (Å²) in [6, 6.07) is 2.08. The predicted octanol–water partition coefficient (Wildman–Crippen LogP) is 0.212. The van der Waals surface area contributed by atoms with Crippen LogP contribution >= 0.6 is 0 Å². The first-order chi connectivity index (χ1) is 8.22. The molecule has 17 heavy (non-hydrogen) atoms. The summed E-state index contributed by atoms with van der Waals surface area (Å²) in [4.78, 5) is 4.23. The van der Waals surface area contributed by atoms with Gasteiger partial charge in [0.25, 0.3) is 0 Å². The van der Waals surface area contributed by atoms with Crippen LogP contribution in [-0.4, -0.2) is 42.0 Å². The highest BCUT2D eigenvalue weighted by atomic mass is 16.5. The molecule has 6 nitrogen and oxygen atoms in total. The van der Waals surface area contributed by atoms with Crippen molar-refractivity contribution in [3.8, 4) is 0 Å². The highest BCUT2D eigenvalue weighted by molar-refractivity contribution is 5.78. The van der Waals surface area contributed by atoms with Crippen LogP contribution in [-0.2, 0) is 11.3 Å². The Morgan fingerprint density at radius 1 is 1.65 bits per heavy atom. The summed E-state index contributed by atoms with van der Waals surface area (Å²) in [7, 11) is 1.66. The number of ether oxygens (including phenoxy) is 1. The number of methoxy groups -OCH3 is 1. The van der Waals surface area contributed by atoms with Crippen LogP contribution in [0.15, 0.2) is 23.5 Å². The SMILES string of the molecule is COCC(C)NC(N)=NCCCn1cccn1. The number of aliphatic imine (C=N–C) groups is 1. The van der Waals surface area contributed by atoms with Crippen molar-refractivity contribution in [3.63, 3.8) is 0 Å². The van der Waals surface area contributed by atoms with Crippen molar-refractivity contribution in [2.75, 3.05) is 20.3 Å². The lowest BCUT2D eigenvalue weighted by Gasteiger charge is -2.12. The number of guanidine groups is 1. The van der Waals surface area contributed by atoms with Gasteiger partial charge in [-0.3, -0.25) is 9.67 Å². The average Bonchev–Trinajstić information content (AvgIpc) is 2.77. The van der Waals surface area contributed by atoms with Gasteiger partial charge in [-0.25, -0.2) is 0 Å². The van der Waals surface area contributed by atoms with Crippen LogP contribution < -0.4 is 11.1 Å². The van der Waals surface area contributed by atoms with E-state index < -0.39 is 0 Å². The van der Waals surface area contributed by atoms with Gasteiger partial charge >= 0.3 is 0 Å². The van der Waals surface area contributed by atoms with Gasteiger partial charge < -0.3 is 15.8 Å². The van der Waals surface area contributed by atoms with Crippen LogP contribution in [0.25, 0.3) is 0 Å². The lowest BCUT2D eigenvalue weighted by Crippen LogP contribution is -2.40. The fraction of sp³-hybridized carbons (Fsp3) is 0.636. The molecule has 1 aromatic heterocycles.